The molecule has 0 fully saturated rings. The summed E-state index contributed by atoms with van der Waals surface area (Å²) in [4.78, 5) is 0. The molecule has 1 heteroatoms. The Morgan fingerprint density at radius 2 is 1.17 bits per heavy atom. The van der Waals surface area contributed by atoms with E-state index in [9.17, 15) is 0 Å². The van der Waals surface area contributed by atoms with Gasteiger partial charge in [0.25, 0.3) is 0 Å². The lowest BCUT2D eigenvalue weighted by molar-refractivity contribution is 0.616. The second kappa shape index (κ2) is 16.5. The van der Waals surface area contributed by atoms with Crippen LogP contribution in [0.2, 0.25) is 0 Å². The Balaban J connectivity index is 3.22. The first-order valence-corrected chi connectivity index (χ1v) is 8.11. The minimum absolute atomic E-state index is 1.01. The summed E-state index contributed by atoms with van der Waals surface area (Å²) in [6, 6.07) is 0. The number of hydrogen-bond donors (Lipinski definition) is 1. The molecule has 0 aliphatic carbocycles. The summed E-state index contributed by atoms with van der Waals surface area (Å²) in [6.07, 6.45) is 13.6. The fraction of sp³-hybridized carbons (Fsp3) is 0.765. The Hall–Kier alpha value is -0.530. The van der Waals surface area contributed by atoms with Crippen molar-refractivity contribution in [3.63, 3.8) is 0 Å². The van der Waals surface area contributed by atoms with Crippen LogP contribution in [-0.2, 0) is 0 Å². The van der Waals surface area contributed by atoms with Gasteiger partial charge in [0.2, 0.25) is 0 Å². The van der Waals surface area contributed by atoms with Crippen molar-refractivity contribution in [1.29, 1.82) is 0 Å². The first-order chi connectivity index (χ1) is 8.91. The molecule has 0 aromatic carbocycles. The standard InChI is InChI=1S/C17H28S/c1-2-3-4-5-6-7-8-9-10-11-12-13-14-15-16-17-18/h18H,2-5,10-17H2,1H3. The van der Waals surface area contributed by atoms with E-state index in [4.69, 9.17) is 0 Å². The first-order valence-electron chi connectivity index (χ1n) is 7.48. The first kappa shape index (κ1) is 17.5. The molecule has 0 rings (SSSR count). The average Bonchev–Trinajstić information content (AvgIpc) is 2.39. The van der Waals surface area contributed by atoms with Crippen LogP contribution in [-0.4, -0.2) is 5.75 Å². The smallest absolute Gasteiger partial charge is 0.00989 e. The van der Waals surface area contributed by atoms with Gasteiger partial charge in [-0.1, -0.05) is 57.3 Å². The van der Waals surface area contributed by atoms with Gasteiger partial charge in [-0.25, -0.2) is 0 Å². The van der Waals surface area contributed by atoms with E-state index in [0.717, 1.165) is 18.6 Å². The maximum Gasteiger partial charge on any atom is 0.00989 e. The van der Waals surface area contributed by atoms with Gasteiger partial charge in [-0.15, -0.1) is 0 Å². The largest absolute Gasteiger partial charge is 0.179 e. The summed E-state index contributed by atoms with van der Waals surface area (Å²) in [5.74, 6) is 13.2. The van der Waals surface area contributed by atoms with Gasteiger partial charge >= 0.3 is 0 Å². The molecule has 0 aromatic rings. The van der Waals surface area contributed by atoms with Crippen molar-refractivity contribution in [2.75, 3.05) is 5.75 Å². The topological polar surface area (TPSA) is 0 Å². The van der Waals surface area contributed by atoms with E-state index in [1.54, 1.807) is 0 Å². The SMILES string of the molecule is CCCCCC#CC#CCCCCCCCCS. The molecule has 0 saturated heterocycles. The highest BCUT2D eigenvalue weighted by Gasteiger charge is 1.89. The summed E-state index contributed by atoms with van der Waals surface area (Å²) in [7, 11) is 0. The van der Waals surface area contributed by atoms with E-state index in [1.165, 1.54) is 57.8 Å². The Bertz CT molecular complexity index is 271. The lowest BCUT2D eigenvalue weighted by Crippen LogP contribution is -1.80. The van der Waals surface area contributed by atoms with Crippen LogP contribution in [0.15, 0.2) is 0 Å². The predicted octanol–water partition coefficient (Wildman–Crippen LogP) is 5.23. The zero-order chi connectivity index (χ0) is 13.3. The molecular formula is C17H28S. The molecule has 0 amide bonds. The van der Waals surface area contributed by atoms with Crippen molar-refractivity contribution in [3.05, 3.63) is 0 Å². The minimum atomic E-state index is 1.01. The molecule has 0 N–H and O–H groups in total. The van der Waals surface area contributed by atoms with Crippen LogP contribution in [0.1, 0.15) is 77.6 Å². The normalized spacial score (nSPS) is 9.22. The van der Waals surface area contributed by atoms with Crippen LogP contribution in [0.3, 0.4) is 0 Å². The number of hydrogen-bond acceptors (Lipinski definition) is 1. The number of rotatable bonds is 10. The fourth-order valence-electron chi connectivity index (χ4n) is 1.71. The summed E-state index contributed by atoms with van der Waals surface area (Å²) < 4.78 is 0. The second-order valence-electron chi connectivity index (χ2n) is 4.66. The molecule has 102 valence electrons. The third kappa shape index (κ3) is 15.5. The highest BCUT2D eigenvalue weighted by atomic mass is 32.1. The lowest BCUT2D eigenvalue weighted by Gasteiger charge is -1.97. The summed E-state index contributed by atoms with van der Waals surface area (Å²) in [6.45, 7) is 2.21. The van der Waals surface area contributed by atoms with Crippen LogP contribution < -0.4 is 0 Å². The fourth-order valence-corrected chi connectivity index (χ4v) is 1.93. The molecule has 0 radical (unpaired) electrons. The molecule has 0 saturated carbocycles. The van der Waals surface area contributed by atoms with Gasteiger partial charge in [-0.05, 0) is 36.9 Å². The summed E-state index contributed by atoms with van der Waals surface area (Å²) in [5.41, 5.74) is 0. The Labute approximate surface area is 120 Å². The molecule has 0 aliphatic heterocycles. The number of thiol groups is 1. The van der Waals surface area contributed by atoms with Crippen molar-refractivity contribution in [2.24, 2.45) is 0 Å². The predicted molar refractivity (Wildman–Crippen MR) is 85.9 cm³/mol. The molecule has 0 aliphatic rings. The van der Waals surface area contributed by atoms with Gasteiger partial charge in [0.1, 0.15) is 0 Å². The molecule has 0 nitrogen and oxygen atoms in total. The summed E-state index contributed by atoms with van der Waals surface area (Å²) >= 11 is 4.21. The monoisotopic (exact) mass is 264 g/mol. The molecule has 0 heterocycles. The van der Waals surface area contributed by atoms with Crippen LogP contribution in [0.5, 0.6) is 0 Å². The zero-order valence-corrected chi connectivity index (χ0v) is 12.8. The molecule has 0 spiro atoms. The Kier molecular flexibility index (Phi) is 16.0. The van der Waals surface area contributed by atoms with Crippen LogP contribution in [0.25, 0.3) is 0 Å². The number of unbranched alkanes of at least 4 members (excludes halogenated alkanes) is 9. The van der Waals surface area contributed by atoms with Crippen molar-refractivity contribution in [2.45, 2.75) is 77.6 Å². The quantitative estimate of drug-likeness (QED) is 0.311. The van der Waals surface area contributed by atoms with E-state index in [0.29, 0.717) is 0 Å². The molecule has 0 bridgehead atoms. The summed E-state index contributed by atoms with van der Waals surface area (Å²) in [5, 5.41) is 0. The highest BCUT2D eigenvalue weighted by Crippen LogP contribution is 2.06. The third-order valence-corrected chi connectivity index (χ3v) is 3.17. The van der Waals surface area contributed by atoms with Crippen LogP contribution in [0.4, 0.5) is 0 Å². The highest BCUT2D eigenvalue weighted by molar-refractivity contribution is 7.80. The van der Waals surface area contributed by atoms with Gasteiger partial charge in [-0.2, -0.15) is 12.6 Å². The van der Waals surface area contributed by atoms with E-state index < -0.39 is 0 Å². The van der Waals surface area contributed by atoms with Crippen LogP contribution in [0, 0.1) is 23.7 Å². The van der Waals surface area contributed by atoms with E-state index in [2.05, 4.69) is 43.2 Å². The van der Waals surface area contributed by atoms with E-state index >= 15 is 0 Å². The van der Waals surface area contributed by atoms with Crippen molar-refractivity contribution in [1.82, 2.24) is 0 Å². The molecule has 0 atom stereocenters. The van der Waals surface area contributed by atoms with Gasteiger partial charge in [0, 0.05) is 12.8 Å². The molecule has 0 aromatic heterocycles. The van der Waals surface area contributed by atoms with Gasteiger partial charge < -0.3 is 0 Å². The van der Waals surface area contributed by atoms with Gasteiger partial charge in [0.05, 0.1) is 0 Å². The molecule has 0 unspecified atom stereocenters. The maximum absolute atomic E-state index is 4.21. The zero-order valence-electron chi connectivity index (χ0n) is 11.9. The Morgan fingerprint density at radius 1 is 0.667 bits per heavy atom. The van der Waals surface area contributed by atoms with Crippen molar-refractivity contribution >= 4 is 12.6 Å². The van der Waals surface area contributed by atoms with Crippen molar-refractivity contribution < 1.29 is 0 Å². The maximum atomic E-state index is 4.21. The van der Waals surface area contributed by atoms with Crippen molar-refractivity contribution in [3.8, 4) is 23.7 Å². The van der Waals surface area contributed by atoms with E-state index in [1.807, 2.05) is 0 Å². The second-order valence-corrected chi connectivity index (χ2v) is 5.10. The average molecular weight is 264 g/mol. The Morgan fingerprint density at radius 3 is 1.72 bits per heavy atom. The van der Waals surface area contributed by atoms with Crippen LogP contribution >= 0.6 is 12.6 Å². The van der Waals surface area contributed by atoms with Gasteiger partial charge in [-0.3, -0.25) is 0 Å². The minimum Gasteiger partial charge on any atom is -0.179 e. The third-order valence-electron chi connectivity index (χ3n) is 2.85. The molecular weight excluding hydrogens is 236 g/mol. The van der Waals surface area contributed by atoms with Gasteiger partial charge in [0.15, 0.2) is 0 Å². The van der Waals surface area contributed by atoms with E-state index in [-0.39, 0.29) is 0 Å². The molecule has 18 heavy (non-hydrogen) atoms. The lowest BCUT2D eigenvalue weighted by atomic mass is 10.1.